The van der Waals surface area contributed by atoms with E-state index < -0.39 is 6.09 Å². The fraction of sp³-hybridized carbons (Fsp3) is 0.452. The first kappa shape index (κ1) is 29.0. The van der Waals surface area contributed by atoms with Crippen LogP contribution in [0.25, 0.3) is 27.5 Å². The first-order valence-corrected chi connectivity index (χ1v) is 16.0. The van der Waals surface area contributed by atoms with Crippen molar-refractivity contribution in [2.24, 2.45) is 17.8 Å². The summed E-state index contributed by atoms with van der Waals surface area (Å²) in [5.41, 5.74) is 4.64. The molecule has 4 aromatic heterocycles. The Morgan fingerprint density at radius 2 is 1.93 bits per heavy atom. The van der Waals surface area contributed by atoms with Crippen molar-refractivity contribution in [2.75, 3.05) is 37.0 Å². The lowest BCUT2D eigenvalue weighted by molar-refractivity contribution is -0.120. The molecule has 2 saturated carbocycles. The van der Waals surface area contributed by atoms with E-state index in [9.17, 15) is 14.9 Å². The SMILES string of the molecule is COC(=O)NCC1CC(Nc2cc(-c3ccc4cc(C#N)cnn34)ncc2-c2nnc(N3C[C@H]4CC[C@@H](C3)C4NC(C)=O)s2)C1. The van der Waals surface area contributed by atoms with E-state index in [0.29, 0.717) is 29.9 Å². The molecule has 3 atom stereocenters. The number of methoxy groups -OCH3 is 1. The van der Waals surface area contributed by atoms with Gasteiger partial charge in [0.25, 0.3) is 0 Å². The average molecular weight is 627 g/mol. The van der Waals surface area contributed by atoms with Crippen LogP contribution in [0.4, 0.5) is 15.6 Å². The largest absolute Gasteiger partial charge is 0.453 e. The van der Waals surface area contributed by atoms with E-state index >= 15 is 0 Å². The number of rotatable bonds is 8. The molecule has 1 aliphatic heterocycles. The number of hydrogen-bond donors (Lipinski definition) is 3. The van der Waals surface area contributed by atoms with Gasteiger partial charge in [0, 0.05) is 50.5 Å². The van der Waals surface area contributed by atoms with E-state index in [1.165, 1.54) is 7.11 Å². The maximum Gasteiger partial charge on any atom is 0.406 e. The van der Waals surface area contributed by atoms with Crippen LogP contribution in [0.2, 0.25) is 0 Å². The summed E-state index contributed by atoms with van der Waals surface area (Å²) in [5.74, 6) is 1.22. The Hall–Kier alpha value is -4.77. The number of nitrogens with one attached hydrogen (secondary N) is 3. The van der Waals surface area contributed by atoms with E-state index in [2.05, 4.69) is 42.2 Å². The highest BCUT2D eigenvalue weighted by Crippen LogP contribution is 2.42. The number of fused-ring (bicyclic) bond motifs is 3. The molecule has 0 radical (unpaired) electrons. The lowest BCUT2D eigenvalue weighted by Crippen LogP contribution is -2.52. The van der Waals surface area contributed by atoms with Crippen LogP contribution in [0.3, 0.4) is 0 Å². The summed E-state index contributed by atoms with van der Waals surface area (Å²) in [6.45, 7) is 3.87. The highest BCUT2D eigenvalue weighted by atomic mass is 32.1. The molecular formula is C31H34N10O3S. The van der Waals surface area contributed by atoms with E-state index in [0.717, 1.165) is 77.1 Å². The zero-order chi connectivity index (χ0) is 31.1. The number of nitriles is 1. The van der Waals surface area contributed by atoms with Crippen molar-refractivity contribution in [2.45, 2.75) is 44.7 Å². The number of anilines is 2. The predicted molar refractivity (Wildman–Crippen MR) is 169 cm³/mol. The number of hydrogen-bond acceptors (Lipinski definition) is 11. The van der Waals surface area contributed by atoms with E-state index in [-0.39, 0.29) is 18.0 Å². The fourth-order valence-corrected chi connectivity index (χ4v) is 7.87. The molecule has 5 heterocycles. The minimum Gasteiger partial charge on any atom is -0.453 e. The molecule has 0 spiro atoms. The number of alkyl carbamates (subject to hydrolysis) is 1. The third-order valence-corrected chi connectivity index (χ3v) is 10.2. The topological polar surface area (TPSA) is 162 Å². The van der Waals surface area contributed by atoms with Crippen molar-refractivity contribution in [3.8, 4) is 28.0 Å². The van der Waals surface area contributed by atoms with Crippen molar-refractivity contribution in [3.63, 3.8) is 0 Å². The Morgan fingerprint density at radius 1 is 1.13 bits per heavy atom. The number of pyridine rings is 1. The number of carbonyl (C=O) groups excluding carboxylic acids is 2. The number of nitrogens with zero attached hydrogens (tertiary/aromatic N) is 7. The van der Waals surface area contributed by atoms with Gasteiger partial charge in [0.2, 0.25) is 11.0 Å². The van der Waals surface area contributed by atoms with Crippen LogP contribution in [0.5, 0.6) is 0 Å². The van der Waals surface area contributed by atoms with Gasteiger partial charge in [-0.2, -0.15) is 10.4 Å². The molecule has 3 N–H and O–H groups in total. The van der Waals surface area contributed by atoms with Crippen LogP contribution in [0.15, 0.2) is 36.7 Å². The Morgan fingerprint density at radius 3 is 2.67 bits per heavy atom. The van der Waals surface area contributed by atoms with Gasteiger partial charge in [0.05, 0.1) is 41.3 Å². The summed E-state index contributed by atoms with van der Waals surface area (Å²) in [4.78, 5) is 30.4. The Bertz CT molecular complexity index is 1780. The summed E-state index contributed by atoms with van der Waals surface area (Å²) in [6.07, 6.45) is 7.00. The molecule has 1 saturated heterocycles. The van der Waals surface area contributed by atoms with E-state index in [4.69, 9.17) is 9.72 Å². The van der Waals surface area contributed by atoms with Gasteiger partial charge in [0.1, 0.15) is 6.07 Å². The molecule has 14 heteroatoms. The molecule has 2 aliphatic carbocycles. The van der Waals surface area contributed by atoms with Gasteiger partial charge < -0.3 is 25.6 Å². The summed E-state index contributed by atoms with van der Waals surface area (Å²) < 4.78 is 6.49. The third-order valence-electron chi connectivity index (χ3n) is 9.23. The van der Waals surface area contributed by atoms with Gasteiger partial charge in [-0.3, -0.25) is 9.78 Å². The van der Waals surface area contributed by atoms with Crippen molar-refractivity contribution in [3.05, 3.63) is 42.2 Å². The smallest absolute Gasteiger partial charge is 0.406 e. The molecule has 2 bridgehead atoms. The minimum atomic E-state index is -0.415. The molecular weight excluding hydrogens is 592 g/mol. The van der Waals surface area contributed by atoms with Gasteiger partial charge in [0.15, 0.2) is 5.01 Å². The average Bonchev–Trinajstić information content (AvgIpc) is 3.73. The molecule has 3 fully saturated rings. The van der Waals surface area contributed by atoms with Crippen molar-refractivity contribution in [1.29, 1.82) is 5.26 Å². The third kappa shape index (κ3) is 5.75. The van der Waals surface area contributed by atoms with Gasteiger partial charge in [-0.1, -0.05) is 11.3 Å². The molecule has 2 amide bonds. The second kappa shape index (κ2) is 12.0. The van der Waals surface area contributed by atoms with Crippen LogP contribution in [0, 0.1) is 29.1 Å². The Labute approximate surface area is 264 Å². The van der Waals surface area contributed by atoms with Crippen molar-refractivity contribution < 1.29 is 14.3 Å². The molecule has 3 aliphatic rings. The van der Waals surface area contributed by atoms with Gasteiger partial charge in [-0.25, -0.2) is 9.31 Å². The number of ether oxygens (including phenoxy) is 1. The number of carbonyl (C=O) groups is 2. The van der Waals surface area contributed by atoms with Crippen LogP contribution in [0.1, 0.15) is 38.2 Å². The molecule has 1 unspecified atom stereocenters. The van der Waals surface area contributed by atoms with Crippen LogP contribution in [-0.2, 0) is 9.53 Å². The summed E-state index contributed by atoms with van der Waals surface area (Å²) in [5, 5.41) is 34.3. The maximum atomic E-state index is 11.8. The molecule has 45 heavy (non-hydrogen) atoms. The monoisotopic (exact) mass is 626 g/mol. The number of piperidine rings is 1. The molecule has 232 valence electrons. The standard InChI is InChI=1S/C31H34N10O3S/c1-17(42)36-28-20-3-4-21(28)16-40(15-20)30-39-38-29(45-30)24-14-33-26(27-6-5-23-9-19(11-32)13-35-41(23)27)10-25(24)37-22-7-18(8-22)12-34-31(43)44-2/h5-6,9-10,13-14,18,20-22,28H,3-4,7-8,12,15-16H2,1-2H3,(H,33,37)(H,34,43)(H,36,42)/t18?,20-,21+,22?,28?. The Balaban J connectivity index is 1.15. The van der Waals surface area contributed by atoms with E-state index in [1.54, 1.807) is 35.0 Å². The zero-order valence-corrected chi connectivity index (χ0v) is 25.9. The van der Waals surface area contributed by atoms with Crippen LogP contribution in [-0.4, -0.2) is 75.6 Å². The minimum absolute atomic E-state index is 0.0351. The molecule has 7 rings (SSSR count). The van der Waals surface area contributed by atoms with Crippen LogP contribution >= 0.6 is 11.3 Å². The maximum absolute atomic E-state index is 11.8. The molecule has 4 aromatic rings. The highest BCUT2D eigenvalue weighted by Gasteiger charge is 2.43. The summed E-state index contributed by atoms with van der Waals surface area (Å²) in [7, 11) is 1.37. The quantitative estimate of drug-likeness (QED) is 0.263. The molecule has 0 aromatic carbocycles. The predicted octanol–water partition coefficient (Wildman–Crippen LogP) is 3.68. The number of aromatic nitrogens is 5. The van der Waals surface area contributed by atoms with Crippen molar-refractivity contribution >= 4 is 39.7 Å². The van der Waals surface area contributed by atoms with Crippen LogP contribution < -0.4 is 20.9 Å². The Kier molecular flexibility index (Phi) is 7.70. The second-order valence-electron chi connectivity index (χ2n) is 12.2. The lowest BCUT2D eigenvalue weighted by Gasteiger charge is -2.37. The highest BCUT2D eigenvalue weighted by molar-refractivity contribution is 7.18. The van der Waals surface area contributed by atoms with Crippen molar-refractivity contribution in [1.82, 2.24) is 35.4 Å². The van der Waals surface area contributed by atoms with Gasteiger partial charge >= 0.3 is 6.09 Å². The molecule has 13 nitrogen and oxygen atoms in total. The van der Waals surface area contributed by atoms with Gasteiger partial charge in [-0.15, -0.1) is 10.2 Å². The zero-order valence-electron chi connectivity index (χ0n) is 25.1. The summed E-state index contributed by atoms with van der Waals surface area (Å²) >= 11 is 1.56. The fourth-order valence-electron chi connectivity index (χ4n) is 6.98. The first-order valence-electron chi connectivity index (χ1n) is 15.2. The van der Waals surface area contributed by atoms with E-state index in [1.807, 2.05) is 24.4 Å². The first-order chi connectivity index (χ1) is 21.9. The second-order valence-corrected chi connectivity index (χ2v) is 13.2. The number of amides is 2. The van der Waals surface area contributed by atoms with Gasteiger partial charge in [-0.05, 0) is 67.7 Å². The normalized spacial score (nSPS) is 23.7. The lowest BCUT2D eigenvalue weighted by atomic mass is 9.80. The summed E-state index contributed by atoms with van der Waals surface area (Å²) in [6, 6.07) is 10.3.